The minimum absolute atomic E-state index is 0.0290. The molecule has 0 spiro atoms. The topological polar surface area (TPSA) is 80.5 Å². The van der Waals surface area contributed by atoms with Gasteiger partial charge < -0.3 is 4.90 Å². The van der Waals surface area contributed by atoms with Crippen LogP contribution in [0.4, 0.5) is 10.1 Å². The van der Waals surface area contributed by atoms with Gasteiger partial charge in [0.05, 0.1) is 10.7 Å². The summed E-state index contributed by atoms with van der Waals surface area (Å²) >= 11 is 5.61. The molecule has 2 N–H and O–H groups in total. The predicted octanol–water partition coefficient (Wildman–Crippen LogP) is 0.873. The Balaban J connectivity index is 2.36. The zero-order valence-electron chi connectivity index (χ0n) is 9.14. The third-order valence-corrected chi connectivity index (χ3v) is 4.31. The minimum atomic E-state index is -3.82. The number of nitrogens with zero attached hydrogens (tertiary/aromatic N) is 1. The fourth-order valence-electron chi connectivity index (χ4n) is 1.83. The van der Waals surface area contributed by atoms with Crippen LogP contribution in [0.25, 0.3) is 0 Å². The SMILES string of the molecule is NS(=O)(=O)C1CC(=O)N(c2cccc(Cl)c2F)C1. The van der Waals surface area contributed by atoms with Gasteiger partial charge in [0.2, 0.25) is 15.9 Å². The van der Waals surface area contributed by atoms with Crippen molar-refractivity contribution < 1.29 is 17.6 Å². The van der Waals surface area contributed by atoms with Crippen molar-refractivity contribution in [2.45, 2.75) is 11.7 Å². The molecule has 0 aromatic heterocycles. The Bertz CT molecular complexity index is 605. The summed E-state index contributed by atoms with van der Waals surface area (Å²) in [5.41, 5.74) is -0.0290. The molecule has 18 heavy (non-hydrogen) atoms. The lowest BCUT2D eigenvalue weighted by Crippen LogP contribution is -2.32. The van der Waals surface area contributed by atoms with E-state index in [0.717, 1.165) is 4.90 Å². The summed E-state index contributed by atoms with van der Waals surface area (Å²) in [6.45, 7) is -0.158. The Morgan fingerprint density at radius 2 is 2.11 bits per heavy atom. The van der Waals surface area contributed by atoms with Crippen LogP contribution in [0, 0.1) is 5.82 Å². The number of nitrogens with two attached hydrogens (primary N) is 1. The number of primary sulfonamides is 1. The summed E-state index contributed by atoms with van der Waals surface area (Å²) in [6.07, 6.45) is -0.245. The first-order valence-corrected chi connectivity index (χ1v) is 7.05. The average molecular weight is 293 g/mol. The number of halogens is 2. The molecule has 1 aromatic rings. The summed E-state index contributed by atoms with van der Waals surface area (Å²) in [5.74, 6) is -1.24. The molecule has 1 saturated heterocycles. The van der Waals surface area contributed by atoms with E-state index in [-0.39, 0.29) is 23.7 Å². The van der Waals surface area contributed by atoms with Gasteiger partial charge in [0.15, 0.2) is 5.82 Å². The summed E-state index contributed by atoms with van der Waals surface area (Å²) in [5, 5.41) is 3.85. The molecule has 1 aromatic carbocycles. The molecule has 1 aliphatic heterocycles. The number of hydrogen-bond donors (Lipinski definition) is 1. The Kier molecular flexibility index (Phi) is 3.31. The lowest BCUT2D eigenvalue weighted by Gasteiger charge is -2.17. The fraction of sp³-hybridized carbons (Fsp3) is 0.300. The van der Waals surface area contributed by atoms with Crippen molar-refractivity contribution in [2.75, 3.05) is 11.4 Å². The van der Waals surface area contributed by atoms with Crippen molar-refractivity contribution in [2.24, 2.45) is 5.14 Å². The number of anilines is 1. The van der Waals surface area contributed by atoms with Crippen molar-refractivity contribution in [1.82, 2.24) is 0 Å². The number of carbonyl (C=O) groups excluding carboxylic acids is 1. The van der Waals surface area contributed by atoms with Gasteiger partial charge in [-0.25, -0.2) is 17.9 Å². The van der Waals surface area contributed by atoms with E-state index in [1.807, 2.05) is 0 Å². The van der Waals surface area contributed by atoms with Crippen molar-refractivity contribution in [3.63, 3.8) is 0 Å². The lowest BCUT2D eigenvalue weighted by molar-refractivity contribution is -0.117. The van der Waals surface area contributed by atoms with Crippen molar-refractivity contribution in [3.05, 3.63) is 29.0 Å². The number of benzene rings is 1. The zero-order chi connectivity index (χ0) is 13.5. The average Bonchev–Trinajstić information content (AvgIpc) is 2.64. The van der Waals surface area contributed by atoms with Crippen LogP contribution in [-0.4, -0.2) is 26.1 Å². The van der Waals surface area contributed by atoms with E-state index in [0.29, 0.717) is 0 Å². The van der Waals surface area contributed by atoms with Gasteiger partial charge in [-0.1, -0.05) is 17.7 Å². The second-order valence-corrected chi connectivity index (χ2v) is 6.24. The van der Waals surface area contributed by atoms with E-state index in [9.17, 15) is 17.6 Å². The van der Waals surface area contributed by atoms with E-state index in [2.05, 4.69) is 0 Å². The van der Waals surface area contributed by atoms with Crippen LogP contribution in [0.3, 0.4) is 0 Å². The molecule has 1 unspecified atom stereocenters. The molecule has 1 atom stereocenters. The van der Waals surface area contributed by atoms with Gasteiger partial charge in [-0.3, -0.25) is 4.79 Å². The fourth-order valence-corrected chi connectivity index (χ4v) is 2.73. The van der Waals surface area contributed by atoms with Gasteiger partial charge in [-0.2, -0.15) is 0 Å². The first-order chi connectivity index (χ1) is 8.30. The molecule has 1 heterocycles. The number of hydrogen-bond acceptors (Lipinski definition) is 3. The smallest absolute Gasteiger partial charge is 0.228 e. The molecule has 0 bridgehead atoms. The molecule has 0 saturated carbocycles. The Morgan fingerprint density at radius 1 is 1.44 bits per heavy atom. The monoisotopic (exact) mass is 292 g/mol. The molecule has 1 aliphatic rings. The maximum absolute atomic E-state index is 13.7. The van der Waals surface area contributed by atoms with Crippen LogP contribution in [0.15, 0.2) is 18.2 Å². The Morgan fingerprint density at radius 3 is 2.67 bits per heavy atom. The van der Waals surface area contributed by atoms with Gasteiger partial charge in [0.1, 0.15) is 5.25 Å². The number of rotatable bonds is 2. The normalized spacial score (nSPS) is 20.5. The Hall–Kier alpha value is -1.18. The summed E-state index contributed by atoms with van der Waals surface area (Å²) < 4.78 is 36.1. The molecule has 0 radical (unpaired) electrons. The maximum Gasteiger partial charge on any atom is 0.228 e. The highest BCUT2D eigenvalue weighted by Crippen LogP contribution is 2.30. The summed E-state index contributed by atoms with van der Waals surface area (Å²) in [6, 6.07) is 4.20. The Labute approximate surface area is 108 Å². The van der Waals surface area contributed by atoms with Crippen molar-refractivity contribution in [3.8, 4) is 0 Å². The minimum Gasteiger partial charge on any atom is -0.308 e. The van der Waals surface area contributed by atoms with Gasteiger partial charge in [-0.15, -0.1) is 0 Å². The zero-order valence-corrected chi connectivity index (χ0v) is 10.7. The highest BCUT2D eigenvalue weighted by molar-refractivity contribution is 7.89. The standard InChI is InChI=1S/C10H10ClFN2O3S/c11-7-2-1-3-8(10(7)12)14-5-6(4-9(14)15)18(13,16)17/h1-3,6H,4-5H2,(H2,13,16,17). The van der Waals surface area contributed by atoms with Gasteiger partial charge in [0.25, 0.3) is 0 Å². The molecular formula is C10H10ClFN2O3S. The molecular weight excluding hydrogens is 283 g/mol. The second-order valence-electron chi connectivity index (χ2n) is 3.99. The van der Waals surface area contributed by atoms with E-state index in [1.165, 1.54) is 18.2 Å². The van der Waals surface area contributed by atoms with Crippen LogP contribution >= 0.6 is 11.6 Å². The van der Waals surface area contributed by atoms with Crippen LogP contribution in [0.1, 0.15) is 6.42 Å². The molecule has 8 heteroatoms. The largest absolute Gasteiger partial charge is 0.308 e. The quantitative estimate of drug-likeness (QED) is 0.878. The van der Waals surface area contributed by atoms with Gasteiger partial charge in [0, 0.05) is 13.0 Å². The number of amides is 1. The maximum atomic E-state index is 13.7. The molecule has 0 aliphatic carbocycles. The van der Waals surface area contributed by atoms with Crippen LogP contribution < -0.4 is 10.0 Å². The molecule has 5 nitrogen and oxygen atoms in total. The second kappa shape index (κ2) is 4.49. The first-order valence-electron chi connectivity index (χ1n) is 5.06. The van der Waals surface area contributed by atoms with Crippen LogP contribution in [0.2, 0.25) is 5.02 Å². The van der Waals surface area contributed by atoms with Crippen molar-refractivity contribution in [1.29, 1.82) is 0 Å². The highest BCUT2D eigenvalue weighted by Gasteiger charge is 2.38. The highest BCUT2D eigenvalue weighted by atomic mass is 35.5. The molecule has 98 valence electrons. The summed E-state index contributed by atoms with van der Waals surface area (Å²) in [7, 11) is -3.82. The first kappa shape index (κ1) is 13.3. The third-order valence-electron chi connectivity index (χ3n) is 2.78. The van der Waals surface area contributed by atoms with Gasteiger partial charge in [-0.05, 0) is 12.1 Å². The van der Waals surface area contributed by atoms with Crippen LogP contribution in [-0.2, 0) is 14.8 Å². The van der Waals surface area contributed by atoms with Crippen molar-refractivity contribution >= 4 is 33.2 Å². The predicted molar refractivity (Wildman–Crippen MR) is 65.3 cm³/mol. The number of carbonyl (C=O) groups is 1. The third kappa shape index (κ3) is 2.33. The number of sulfonamides is 1. The summed E-state index contributed by atoms with van der Waals surface area (Å²) in [4.78, 5) is 12.7. The van der Waals surface area contributed by atoms with E-state index < -0.39 is 27.0 Å². The van der Waals surface area contributed by atoms with Gasteiger partial charge >= 0.3 is 0 Å². The van der Waals surface area contributed by atoms with E-state index in [1.54, 1.807) is 0 Å². The van der Waals surface area contributed by atoms with E-state index >= 15 is 0 Å². The van der Waals surface area contributed by atoms with Crippen LogP contribution in [0.5, 0.6) is 0 Å². The van der Waals surface area contributed by atoms with E-state index in [4.69, 9.17) is 16.7 Å². The molecule has 1 amide bonds. The lowest BCUT2D eigenvalue weighted by atomic mass is 10.3. The molecule has 2 rings (SSSR count). The molecule has 1 fully saturated rings.